The number of rotatable bonds is 0. The smallest absolute Gasteiger partial charge is 0.411 e. The Kier molecular flexibility index (Phi) is 4.03. The van der Waals surface area contributed by atoms with E-state index >= 15 is 0 Å². The summed E-state index contributed by atoms with van der Waals surface area (Å²) in [6.07, 6.45) is 1.52. The van der Waals surface area contributed by atoms with Crippen molar-refractivity contribution in [1.29, 1.82) is 5.26 Å². The van der Waals surface area contributed by atoms with Crippen LogP contribution in [0.15, 0.2) is 0 Å². The topological polar surface area (TPSA) is 53.3 Å². The molecular weight excluding hydrogens is 216 g/mol. The van der Waals surface area contributed by atoms with E-state index in [4.69, 9.17) is 10.00 Å². The van der Waals surface area contributed by atoms with Crippen LogP contribution in [0.5, 0.6) is 0 Å². The molecule has 1 heterocycles. The summed E-state index contributed by atoms with van der Waals surface area (Å²) in [5.41, 5.74) is -0.482. The fourth-order valence-corrected chi connectivity index (χ4v) is 2.15. The second-order valence-electron chi connectivity index (χ2n) is 5.33. The molecule has 0 bridgehead atoms. The molecule has 0 aromatic carbocycles. The van der Waals surface area contributed by atoms with Crippen LogP contribution in [0.2, 0.25) is 0 Å². The van der Waals surface area contributed by atoms with Crippen molar-refractivity contribution in [3.8, 4) is 6.07 Å². The minimum Gasteiger partial charge on any atom is -0.444 e. The Morgan fingerprint density at radius 3 is 2.41 bits per heavy atom. The van der Waals surface area contributed by atoms with Crippen LogP contribution < -0.4 is 0 Å². The Morgan fingerprint density at radius 2 is 1.94 bits per heavy atom. The minimum absolute atomic E-state index is 0.268. The van der Waals surface area contributed by atoms with Gasteiger partial charge in [0, 0.05) is 6.04 Å². The first-order valence-electron chi connectivity index (χ1n) is 6.33. The van der Waals surface area contributed by atoms with Gasteiger partial charge in [0.05, 0.1) is 6.07 Å². The first kappa shape index (κ1) is 13.8. The molecule has 2 rings (SSSR count). The van der Waals surface area contributed by atoms with E-state index in [9.17, 15) is 4.79 Å². The summed E-state index contributed by atoms with van der Waals surface area (Å²) in [5.74, 6) is 0.544. The highest BCUT2D eigenvalue weighted by Gasteiger charge is 2.55. The van der Waals surface area contributed by atoms with E-state index in [2.05, 4.69) is 6.07 Å². The Hall–Kier alpha value is -1.24. The maximum absolute atomic E-state index is 11.8. The average Bonchev–Trinajstić information content (AvgIpc) is 2.89. The molecule has 0 spiro atoms. The zero-order valence-electron chi connectivity index (χ0n) is 11.4. The van der Waals surface area contributed by atoms with Crippen molar-refractivity contribution in [3.63, 3.8) is 0 Å². The molecule has 1 aliphatic heterocycles. The number of nitriles is 1. The van der Waals surface area contributed by atoms with Gasteiger partial charge < -0.3 is 4.74 Å². The SMILES string of the molecule is CC.CC(C)(C)OC(=O)N1C(C#N)CC2C[C@@H]21. The molecule has 1 amide bonds. The number of nitrogens with zero attached hydrogens (tertiary/aromatic N) is 2. The Morgan fingerprint density at radius 1 is 1.35 bits per heavy atom. The molecule has 4 nitrogen and oxygen atoms in total. The molecule has 17 heavy (non-hydrogen) atoms. The third-order valence-electron chi connectivity index (χ3n) is 2.86. The molecule has 2 unspecified atom stereocenters. The maximum Gasteiger partial charge on any atom is 0.411 e. The van der Waals surface area contributed by atoms with E-state index in [-0.39, 0.29) is 18.2 Å². The van der Waals surface area contributed by atoms with E-state index in [1.807, 2.05) is 34.6 Å². The first-order chi connectivity index (χ1) is 7.92. The summed E-state index contributed by atoms with van der Waals surface area (Å²) >= 11 is 0. The second kappa shape index (κ2) is 4.95. The van der Waals surface area contributed by atoms with Crippen LogP contribution in [0.3, 0.4) is 0 Å². The van der Waals surface area contributed by atoms with Crippen molar-refractivity contribution in [2.45, 2.75) is 65.1 Å². The summed E-state index contributed by atoms with van der Waals surface area (Å²) in [5, 5.41) is 8.92. The third kappa shape index (κ3) is 3.12. The zero-order chi connectivity index (χ0) is 13.2. The summed E-state index contributed by atoms with van der Waals surface area (Å²) in [4.78, 5) is 13.4. The number of carbonyl (C=O) groups excluding carboxylic acids is 1. The molecule has 3 atom stereocenters. The molecule has 4 heteroatoms. The van der Waals surface area contributed by atoms with Crippen molar-refractivity contribution < 1.29 is 9.53 Å². The minimum atomic E-state index is -0.482. The molecule has 0 radical (unpaired) electrons. The highest BCUT2D eigenvalue weighted by molar-refractivity contribution is 5.70. The van der Waals surface area contributed by atoms with E-state index in [0.29, 0.717) is 5.92 Å². The normalized spacial score (nSPS) is 29.6. The van der Waals surface area contributed by atoms with Crippen LogP contribution >= 0.6 is 0 Å². The lowest BCUT2D eigenvalue weighted by Crippen LogP contribution is -2.41. The van der Waals surface area contributed by atoms with Gasteiger partial charge in [0.2, 0.25) is 0 Å². The fraction of sp³-hybridized carbons (Fsp3) is 0.846. The summed E-state index contributed by atoms with van der Waals surface area (Å²) in [6.45, 7) is 9.52. The number of hydrogen-bond acceptors (Lipinski definition) is 3. The van der Waals surface area contributed by atoms with Gasteiger partial charge in [0.15, 0.2) is 0 Å². The first-order valence-corrected chi connectivity index (χ1v) is 6.33. The van der Waals surface area contributed by atoms with Crippen LogP contribution in [0.1, 0.15) is 47.5 Å². The van der Waals surface area contributed by atoms with Gasteiger partial charge in [0.1, 0.15) is 11.6 Å². The van der Waals surface area contributed by atoms with E-state index in [1.165, 1.54) is 0 Å². The Labute approximate surface area is 104 Å². The van der Waals surface area contributed by atoms with Crippen LogP contribution in [0.4, 0.5) is 4.79 Å². The lowest BCUT2D eigenvalue weighted by atomic mass is 10.2. The van der Waals surface area contributed by atoms with Crippen LogP contribution in [0, 0.1) is 17.2 Å². The molecule has 0 aromatic rings. The number of ether oxygens (including phenoxy) is 1. The van der Waals surface area contributed by atoms with Gasteiger partial charge >= 0.3 is 6.09 Å². The third-order valence-corrected chi connectivity index (χ3v) is 2.86. The molecule has 2 fully saturated rings. The van der Waals surface area contributed by atoms with Crippen molar-refractivity contribution in [2.24, 2.45) is 5.92 Å². The predicted octanol–water partition coefficient (Wildman–Crippen LogP) is 2.93. The number of hydrogen-bond donors (Lipinski definition) is 0. The number of amides is 1. The van der Waals surface area contributed by atoms with Gasteiger partial charge in [-0.15, -0.1) is 0 Å². The van der Waals surface area contributed by atoms with Gasteiger partial charge in [-0.25, -0.2) is 4.79 Å². The molecule has 2 aliphatic rings. The number of carbonyl (C=O) groups is 1. The lowest BCUT2D eigenvalue weighted by Gasteiger charge is -2.27. The Bertz CT molecular complexity index is 327. The molecule has 0 N–H and O–H groups in total. The quantitative estimate of drug-likeness (QED) is 0.652. The van der Waals surface area contributed by atoms with Crippen LogP contribution in [0.25, 0.3) is 0 Å². The zero-order valence-corrected chi connectivity index (χ0v) is 11.4. The highest BCUT2D eigenvalue weighted by Crippen LogP contribution is 2.48. The van der Waals surface area contributed by atoms with Crippen LogP contribution in [-0.2, 0) is 4.74 Å². The number of fused-ring (bicyclic) bond motifs is 1. The molecule has 1 aliphatic carbocycles. The van der Waals surface area contributed by atoms with Crippen molar-refractivity contribution in [2.75, 3.05) is 0 Å². The average molecular weight is 238 g/mol. The van der Waals surface area contributed by atoms with Crippen molar-refractivity contribution in [3.05, 3.63) is 0 Å². The fourth-order valence-electron chi connectivity index (χ4n) is 2.15. The molecule has 0 aromatic heterocycles. The maximum atomic E-state index is 11.8. The van der Waals surface area contributed by atoms with E-state index in [1.54, 1.807) is 4.90 Å². The standard InChI is InChI=1S/C11H16N2O2.C2H6/c1-11(2,3)15-10(14)13-8(6-12)4-7-5-9(7)13;1-2/h7-9H,4-5H2,1-3H3;1-2H3/t7?,8?,9-;/m0./s1. The number of piperidine rings is 1. The second-order valence-corrected chi connectivity index (χ2v) is 5.33. The molecule has 1 saturated carbocycles. The van der Waals surface area contributed by atoms with E-state index < -0.39 is 5.60 Å². The van der Waals surface area contributed by atoms with Crippen molar-refractivity contribution >= 4 is 6.09 Å². The molecule has 1 saturated heterocycles. The van der Waals surface area contributed by atoms with Gasteiger partial charge in [0.25, 0.3) is 0 Å². The summed E-state index contributed by atoms with van der Waals surface area (Å²) in [6, 6.07) is 2.16. The van der Waals surface area contributed by atoms with E-state index in [0.717, 1.165) is 12.8 Å². The molecular formula is C13H22N2O2. The highest BCUT2D eigenvalue weighted by atomic mass is 16.6. The lowest BCUT2D eigenvalue weighted by molar-refractivity contribution is 0.0223. The number of likely N-dealkylation sites (tertiary alicyclic amines) is 1. The monoisotopic (exact) mass is 238 g/mol. The van der Waals surface area contributed by atoms with Crippen molar-refractivity contribution in [1.82, 2.24) is 4.90 Å². The largest absolute Gasteiger partial charge is 0.444 e. The summed E-state index contributed by atoms with van der Waals surface area (Å²) in [7, 11) is 0. The Balaban J connectivity index is 0.000000686. The molecule has 96 valence electrons. The summed E-state index contributed by atoms with van der Waals surface area (Å²) < 4.78 is 5.29. The van der Waals surface area contributed by atoms with Crippen LogP contribution in [-0.4, -0.2) is 28.7 Å². The van der Waals surface area contributed by atoms with Gasteiger partial charge in [-0.05, 0) is 39.5 Å². The van der Waals surface area contributed by atoms with Gasteiger partial charge in [-0.3, -0.25) is 4.90 Å². The van der Waals surface area contributed by atoms with Gasteiger partial charge in [-0.2, -0.15) is 5.26 Å². The van der Waals surface area contributed by atoms with Gasteiger partial charge in [-0.1, -0.05) is 13.8 Å². The predicted molar refractivity (Wildman–Crippen MR) is 65.3 cm³/mol.